The second-order valence-electron chi connectivity index (χ2n) is 6.41. The molecule has 0 atom stereocenters. The maximum absolute atomic E-state index is 13.5. The van der Waals surface area contributed by atoms with Crippen molar-refractivity contribution in [2.24, 2.45) is 0 Å². The first-order valence-corrected chi connectivity index (χ1v) is 9.82. The van der Waals surface area contributed by atoms with Gasteiger partial charge in [-0.15, -0.1) is 0 Å². The highest BCUT2D eigenvalue weighted by molar-refractivity contribution is 7.80. The van der Waals surface area contributed by atoms with Crippen molar-refractivity contribution in [2.75, 3.05) is 5.32 Å². The largest absolute Gasteiger partial charge is 0.436 e. The quantitative estimate of drug-likeness (QED) is 0.289. The van der Waals surface area contributed by atoms with E-state index in [-0.39, 0.29) is 27.5 Å². The average Bonchev–Trinajstić information content (AvgIpc) is 3.07. The number of unbranched alkanes of at least 4 members (excludes halogenated alkanes) is 2. The molecule has 9 heteroatoms. The van der Waals surface area contributed by atoms with Crippen LogP contribution < -0.4 is 10.6 Å². The van der Waals surface area contributed by atoms with E-state index in [1.54, 1.807) is 18.2 Å². The molecule has 0 unspecified atom stereocenters. The van der Waals surface area contributed by atoms with Crippen molar-refractivity contribution in [1.82, 2.24) is 10.3 Å². The van der Waals surface area contributed by atoms with E-state index in [9.17, 15) is 13.6 Å². The topological polar surface area (TPSA) is 67.2 Å². The van der Waals surface area contributed by atoms with Crippen LogP contribution in [0, 0.1) is 11.6 Å². The smallest absolute Gasteiger partial charge is 0.228 e. The summed E-state index contributed by atoms with van der Waals surface area (Å²) < 4.78 is 32.4. The summed E-state index contributed by atoms with van der Waals surface area (Å²) in [6.45, 7) is 2.07. The number of fused-ring (bicyclic) bond motifs is 1. The van der Waals surface area contributed by atoms with Gasteiger partial charge in [-0.1, -0.05) is 31.4 Å². The summed E-state index contributed by atoms with van der Waals surface area (Å²) in [4.78, 5) is 16.1. The van der Waals surface area contributed by atoms with E-state index in [0.29, 0.717) is 23.2 Å². The fourth-order valence-corrected chi connectivity index (χ4v) is 3.16. The van der Waals surface area contributed by atoms with Crippen LogP contribution in [0.2, 0.25) is 5.02 Å². The number of amides is 1. The first-order chi connectivity index (χ1) is 13.9. The van der Waals surface area contributed by atoms with Crippen LogP contribution in [0.3, 0.4) is 0 Å². The van der Waals surface area contributed by atoms with Gasteiger partial charge >= 0.3 is 0 Å². The summed E-state index contributed by atoms with van der Waals surface area (Å²) in [5, 5.41) is 5.71. The Bertz CT molecular complexity index is 1070. The van der Waals surface area contributed by atoms with Crippen LogP contribution in [0.1, 0.15) is 32.6 Å². The molecule has 0 bridgehead atoms. The van der Waals surface area contributed by atoms with E-state index in [2.05, 4.69) is 22.5 Å². The van der Waals surface area contributed by atoms with Gasteiger partial charge in [-0.05, 0) is 49.0 Å². The van der Waals surface area contributed by atoms with Gasteiger partial charge in [0.2, 0.25) is 11.8 Å². The fourth-order valence-electron chi connectivity index (χ4n) is 2.69. The molecule has 29 heavy (non-hydrogen) atoms. The normalized spacial score (nSPS) is 10.9. The summed E-state index contributed by atoms with van der Waals surface area (Å²) in [6, 6.07) is 6.80. The maximum Gasteiger partial charge on any atom is 0.228 e. The summed E-state index contributed by atoms with van der Waals surface area (Å²) in [6.07, 6.45) is 3.24. The summed E-state index contributed by atoms with van der Waals surface area (Å²) in [5.74, 6) is -2.18. The molecule has 0 aliphatic carbocycles. The van der Waals surface area contributed by atoms with Gasteiger partial charge in [0, 0.05) is 12.1 Å². The molecule has 3 rings (SSSR count). The number of anilines is 1. The fraction of sp³-hybridized carbons (Fsp3) is 0.250. The molecule has 152 valence electrons. The third kappa shape index (κ3) is 5.27. The monoisotopic (exact) mass is 437 g/mol. The Labute approximate surface area is 176 Å². The zero-order valence-corrected chi connectivity index (χ0v) is 17.1. The standard InChI is InChI=1S/C20H18ClF2N3O2S/c1-2-3-4-5-18(27)26-20(29)24-11-6-7-17-16(8-11)25-19(28-17)12-9-14(22)15(23)10-13(12)21/h6-10H,2-5H2,1H3,(H2,24,26,27,29). The highest BCUT2D eigenvalue weighted by Crippen LogP contribution is 2.32. The molecule has 3 aromatic rings. The molecule has 1 aromatic heterocycles. The van der Waals surface area contributed by atoms with Crippen molar-refractivity contribution in [2.45, 2.75) is 32.6 Å². The van der Waals surface area contributed by atoms with Crippen molar-refractivity contribution >= 4 is 51.6 Å². The van der Waals surface area contributed by atoms with Gasteiger partial charge in [0.15, 0.2) is 22.3 Å². The van der Waals surface area contributed by atoms with Crippen LogP contribution in [0.15, 0.2) is 34.7 Å². The molecule has 2 N–H and O–H groups in total. The number of halogens is 3. The van der Waals surface area contributed by atoms with Crippen LogP contribution in [0.4, 0.5) is 14.5 Å². The molecular formula is C20H18ClF2N3O2S. The molecule has 0 spiro atoms. The Morgan fingerprint density at radius 3 is 2.72 bits per heavy atom. The van der Waals surface area contributed by atoms with Gasteiger partial charge in [-0.25, -0.2) is 13.8 Å². The van der Waals surface area contributed by atoms with Gasteiger partial charge in [-0.3, -0.25) is 4.79 Å². The molecule has 1 heterocycles. The molecule has 0 aliphatic heterocycles. The number of carbonyl (C=O) groups is 1. The first-order valence-electron chi connectivity index (χ1n) is 9.03. The highest BCUT2D eigenvalue weighted by atomic mass is 35.5. The number of hydrogen-bond donors (Lipinski definition) is 2. The SMILES string of the molecule is CCCCCC(=O)NC(=S)Nc1ccc2oc(-c3cc(F)c(F)cc3Cl)nc2c1. The Hall–Kier alpha value is -2.58. The van der Waals surface area contributed by atoms with Crippen LogP contribution in [0.25, 0.3) is 22.6 Å². The molecule has 0 aliphatic rings. The van der Waals surface area contributed by atoms with Gasteiger partial charge < -0.3 is 15.1 Å². The van der Waals surface area contributed by atoms with Crippen molar-refractivity contribution in [3.8, 4) is 11.5 Å². The molecular weight excluding hydrogens is 420 g/mol. The average molecular weight is 438 g/mol. The molecule has 0 saturated heterocycles. The van der Waals surface area contributed by atoms with Crippen LogP contribution in [0.5, 0.6) is 0 Å². The number of rotatable bonds is 6. The molecule has 0 saturated carbocycles. The van der Waals surface area contributed by atoms with E-state index in [4.69, 9.17) is 28.2 Å². The second-order valence-corrected chi connectivity index (χ2v) is 7.22. The highest BCUT2D eigenvalue weighted by Gasteiger charge is 2.16. The minimum absolute atomic E-state index is 0.0132. The minimum Gasteiger partial charge on any atom is -0.436 e. The Kier molecular flexibility index (Phi) is 6.76. The lowest BCUT2D eigenvalue weighted by Crippen LogP contribution is -2.33. The predicted octanol–water partition coefficient (Wildman–Crippen LogP) is 5.82. The maximum atomic E-state index is 13.5. The lowest BCUT2D eigenvalue weighted by Gasteiger charge is -2.09. The number of oxazole rings is 1. The predicted molar refractivity (Wildman–Crippen MR) is 113 cm³/mol. The number of nitrogens with zero attached hydrogens (tertiary/aromatic N) is 1. The molecule has 2 aromatic carbocycles. The van der Waals surface area contributed by atoms with E-state index in [1.165, 1.54) is 0 Å². The first kappa shape index (κ1) is 21.1. The number of aromatic nitrogens is 1. The molecule has 5 nitrogen and oxygen atoms in total. The third-order valence-corrected chi connectivity index (χ3v) is 4.66. The number of nitrogens with one attached hydrogen (secondary N) is 2. The van der Waals surface area contributed by atoms with Crippen molar-refractivity contribution < 1.29 is 18.0 Å². The van der Waals surface area contributed by atoms with Crippen LogP contribution >= 0.6 is 23.8 Å². The van der Waals surface area contributed by atoms with E-state index in [1.807, 2.05) is 0 Å². The van der Waals surface area contributed by atoms with Gasteiger partial charge in [-0.2, -0.15) is 0 Å². The van der Waals surface area contributed by atoms with Gasteiger partial charge in [0.25, 0.3) is 0 Å². The zero-order chi connectivity index (χ0) is 21.0. The number of thiocarbonyl (C=S) groups is 1. The summed E-state index contributed by atoms with van der Waals surface area (Å²) in [7, 11) is 0. The van der Waals surface area contributed by atoms with Crippen LogP contribution in [-0.4, -0.2) is 16.0 Å². The number of hydrogen-bond acceptors (Lipinski definition) is 4. The van der Waals surface area contributed by atoms with E-state index < -0.39 is 11.6 Å². The molecule has 0 radical (unpaired) electrons. The summed E-state index contributed by atoms with van der Waals surface area (Å²) >= 11 is 11.1. The molecule has 1 amide bonds. The number of carbonyl (C=O) groups excluding carboxylic acids is 1. The van der Waals surface area contributed by atoms with Gasteiger partial charge in [0.1, 0.15) is 5.52 Å². The second kappa shape index (κ2) is 9.28. The Balaban J connectivity index is 1.73. The van der Waals surface area contributed by atoms with Gasteiger partial charge in [0.05, 0.1) is 10.6 Å². The lowest BCUT2D eigenvalue weighted by molar-refractivity contribution is -0.119. The number of benzene rings is 2. The van der Waals surface area contributed by atoms with Crippen molar-refractivity contribution in [3.05, 3.63) is 47.0 Å². The minimum atomic E-state index is -1.05. The summed E-state index contributed by atoms with van der Waals surface area (Å²) in [5.41, 5.74) is 1.63. The third-order valence-electron chi connectivity index (χ3n) is 4.15. The molecule has 0 fully saturated rings. The zero-order valence-electron chi connectivity index (χ0n) is 15.5. The lowest BCUT2D eigenvalue weighted by atomic mass is 10.2. The van der Waals surface area contributed by atoms with Crippen molar-refractivity contribution in [3.63, 3.8) is 0 Å². The Morgan fingerprint density at radius 1 is 1.21 bits per heavy atom. The Morgan fingerprint density at radius 2 is 1.97 bits per heavy atom. The van der Waals surface area contributed by atoms with E-state index >= 15 is 0 Å². The van der Waals surface area contributed by atoms with Crippen LogP contribution in [-0.2, 0) is 4.79 Å². The van der Waals surface area contributed by atoms with E-state index in [0.717, 1.165) is 31.4 Å². The van der Waals surface area contributed by atoms with Crippen molar-refractivity contribution in [1.29, 1.82) is 0 Å².